The number of hydrogen-bond donors (Lipinski definition) is 0. The monoisotopic (exact) mass is 307 g/mol. The average molecular weight is 308 g/mol. The van der Waals surface area contributed by atoms with Crippen LogP contribution in [-0.2, 0) is 4.74 Å². The molecule has 0 bridgehead atoms. The molecule has 3 fully saturated rings. The van der Waals surface area contributed by atoms with Crippen LogP contribution < -0.4 is 4.90 Å². The molecule has 0 spiro atoms. The Morgan fingerprint density at radius 1 is 1.10 bits per heavy atom. The molecule has 3 heterocycles. The van der Waals surface area contributed by atoms with E-state index in [0.717, 1.165) is 37.3 Å². The maximum atomic E-state index is 6.18. The van der Waals surface area contributed by atoms with E-state index in [2.05, 4.69) is 9.88 Å². The normalized spacial score (nSPS) is 27.3. The van der Waals surface area contributed by atoms with Gasteiger partial charge in [0, 0.05) is 31.7 Å². The van der Waals surface area contributed by atoms with E-state index in [-0.39, 0.29) is 0 Å². The molecular formula is C16H22ClN3O. The third kappa shape index (κ3) is 3.02. The van der Waals surface area contributed by atoms with Crippen molar-refractivity contribution in [2.24, 2.45) is 5.92 Å². The van der Waals surface area contributed by atoms with Crippen molar-refractivity contribution in [1.82, 2.24) is 9.97 Å². The highest BCUT2D eigenvalue weighted by Gasteiger charge is 2.31. The predicted octanol–water partition coefficient (Wildman–Crippen LogP) is 3.40. The molecule has 1 atom stereocenters. The third-order valence-electron chi connectivity index (χ3n) is 5.00. The zero-order chi connectivity index (χ0) is 14.2. The van der Waals surface area contributed by atoms with Gasteiger partial charge >= 0.3 is 0 Å². The number of halogens is 1. The number of piperidine rings is 1. The SMILES string of the molecule is Clc1cc(N2CCC(C3CCCO3)CC2)nc(C2CC2)n1. The molecule has 0 aromatic carbocycles. The molecule has 0 radical (unpaired) electrons. The molecule has 0 amide bonds. The Morgan fingerprint density at radius 2 is 1.90 bits per heavy atom. The van der Waals surface area contributed by atoms with E-state index in [0.29, 0.717) is 17.2 Å². The summed E-state index contributed by atoms with van der Waals surface area (Å²) in [4.78, 5) is 11.5. The van der Waals surface area contributed by atoms with Crippen LogP contribution in [0.1, 0.15) is 50.3 Å². The first-order chi connectivity index (χ1) is 10.3. The van der Waals surface area contributed by atoms with Crippen LogP contribution >= 0.6 is 11.6 Å². The summed E-state index contributed by atoms with van der Waals surface area (Å²) in [7, 11) is 0. The van der Waals surface area contributed by atoms with Crippen LogP contribution in [0.3, 0.4) is 0 Å². The highest BCUT2D eigenvalue weighted by Crippen LogP contribution is 2.39. The molecule has 2 aliphatic heterocycles. The summed E-state index contributed by atoms with van der Waals surface area (Å²) in [6.45, 7) is 3.07. The van der Waals surface area contributed by atoms with Gasteiger partial charge in [0.1, 0.15) is 16.8 Å². The Hall–Kier alpha value is -0.870. The third-order valence-corrected chi connectivity index (χ3v) is 5.19. The molecule has 21 heavy (non-hydrogen) atoms. The van der Waals surface area contributed by atoms with Crippen LogP contribution in [-0.4, -0.2) is 35.8 Å². The van der Waals surface area contributed by atoms with Crippen molar-refractivity contribution in [2.45, 2.75) is 50.5 Å². The van der Waals surface area contributed by atoms with Crippen molar-refractivity contribution in [3.63, 3.8) is 0 Å². The summed E-state index contributed by atoms with van der Waals surface area (Å²) in [6.07, 6.45) is 7.80. The van der Waals surface area contributed by atoms with E-state index < -0.39 is 0 Å². The van der Waals surface area contributed by atoms with Crippen molar-refractivity contribution >= 4 is 17.4 Å². The summed E-state index contributed by atoms with van der Waals surface area (Å²) < 4.78 is 5.85. The minimum atomic E-state index is 0.503. The van der Waals surface area contributed by atoms with E-state index >= 15 is 0 Å². The zero-order valence-corrected chi connectivity index (χ0v) is 13.1. The van der Waals surface area contributed by atoms with Crippen LogP contribution in [0, 0.1) is 5.92 Å². The minimum Gasteiger partial charge on any atom is -0.378 e. The fraction of sp³-hybridized carbons (Fsp3) is 0.750. The highest BCUT2D eigenvalue weighted by molar-refractivity contribution is 6.29. The largest absolute Gasteiger partial charge is 0.378 e. The highest BCUT2D eigenvalue weighted by atomic mass is 35.5. The molecule has 1 aliphatic carbocycles. The lowest BCUT2D eigenvalue weighted by atomic mass is 9.90. The lowest BCUT2D eigenvalue weighted by Crippen LogP contribution is -2.38. The average Bonchev–Trinajstić information content (AvgIpc) is 3.22. The number of aromatic nitrogens is 2. The van der Waals surface area contributed by atoms with Crippen molar-refractivity contribution in [3.05, 3.63) is 17.0 Å². The molecule has 0 N–H and O–H groups in total. The van der Waals surface area contributed by atoms with E-state index in [9.17, 15) is 0 Å². The first-order valence-electron chi connectivity index (χ1n) is 8.20. The lowest BCUT2D eigenvalue weighted by molar-refractivity contribution is 0.0531. The van der Waals surface area contributed by atoms with Gasteiger partial charge in [-0.05, 0) is 44.4 Å². The van der Waals surface area contributed by atoms with Crippen LogP contribution in [0.25, 0.3) is 0 Å². The molecule has 1 saturated carbocycles. The topological polar surface area (TPSA) is 38.2 Å². The second-order valence-corrected chi connectivity index (χ2v) is 6.94. The van der Waals surface area contributed by atoms with E-state index in [1.807, 2.05) is 6.07 Å². The maximum absolute atomic E-state index is 6.18. The Morgan fingerprint density at radius 3 is 2.57 bits per heavy atom. The molecule has 1 unspecified atom stereocenters. The summed E-state index contributed by atoms with van der Waals surface area (Å²) in [6, 6.07) is 1.92. The molecule has 4 rings (SSSR count). The Kier molecular flexibility index (Phi) is 3.76. The second kappa shape index (κ2) is 5.73. The van der Waals surface area contributed by atoms with E-state index in [1.54, 1.807) is 0 Å². The van der Waals surface area contributed by atoms with Gasteiger partial charge in [-0.3, -0.25) is 0 Å². The predicted molar refractivity (Wildman–Crippen MR) is 82.9 cm³/mol. The van der Waals surface area contributed by atoms with E-state index in [4.69, 9.17) is 21.3 Å². The summed E-state index contributed by atoms with van der Waals surface area (Å²) in [5, 5.41) is 0.586. The van der Waals surface area contributed by atoms with Crippen LogP contribution in [0.2, 0.25) is 5.15 Å². The van der Waals surface area contributed by atoms with Crippen molar-refractivity contribution < 1.29 is 4.74 Å². The summed E-state index contributed by atoms with van der Waals surface area (Å²) in [5.41, 5.74) is 0. The standard InChI is InChI=1S/C16H22ClN3O/c17-14-10-15(19-16(18-14)12-3-4-12)20-7-5-11(6-8-20)13-2-1-9-21-13/h10-13H,1-9H2. The van der Waals surface area contributed by atoms with Crippen LogP contribution in [0.5, 0.6) is 0 Å². The lowest BCUT2D eigenvalue weighted by Gasteiger charge is -2.35. The van der Waals surface area contributed by atoms with Gasteiger partial charge in [0.05, 0.1) is 6.10 Å². The first-order valence-corrected chi connectivity index (χ1v) is 8.58. The van der Waals surface area contributed by atoms with Crippen molar-refractivity contribution in [1.29, 1.82) is 0 Å². The molecule has 4 nitrogen and oxygen atoms in total. The van der Waals surface area contributed by atoms with Crippen molar-refractivity contribution in [3.8, 4) is 0 Å². The zero-order valence-electron chi connectivity index (χ0n) is 12.3. The van der Waals surface area contributed by atoms with Gasteiger partial charge in [0.2, 0.25) is 0 Å². The van der Waals surface area contributed by atoms with Crippen LogP contribution in [0.15, 0.2) is 6.07 Å². The van der Waals surface area contributed by atoms with Crippen LogP contribution in [0.4, 0.5) is 5.82 Å². The van der Waals surface area contributed by atoms with Gasteiger partial charge in [0.15, 0.2) is 0 Å². The van der Waals surface area contributed by atoms with Gasteiger partial charge in [-0.2, -0.15) is 0 Å². The number of hydrogen-bond acceptors (Lipinski definition) is 4. The Labute approximate surface area is 130 Å². The summed E-state index contributed by atoms with van der Waals surface area (Å²) >= 11 is 6.18. The Bertz CT molecular complexity index is 506. The maximum Gasteiger partial charge on any atom is 0.135 e. The minimum absolute atomic E-state index is 0.503. The number of nitrogens with zero attached hydrogens (tertiary/aromatic N) is 3. The first kappa shape index (κ1) is 13.8. The molecule has 3 aliphatic rings. The Balaban J connectivity index is 1.43. The van der Waals surface area contributed by atoms with E-state index in [1.165, 1.54) is 38.5 Å². The molecular weight excluding hydrogens is 286 g/mol. The van der Waals surface area contributed by atoms with Gasteiger partial charge in [-0.15, -0.1) is 0 Å². The molecule has 114 valence electrons. The molecule has 2 saturated heterocycles. The fourth-order valence-electron chi connectivity index (χ4n) is 3.58. The second-order valence-electron chi connectivity index (χ2n) is 6.56. The summed E-state index contributed by atoms with van der Waals surface area (Å²) in [5.74, 6) is 3.23. The van der Waals surface area contributed by atoms with Crippen molar-refractivity contribution in [2.75, 3.05) is 24.6 Å². The number of ether oxygens (including phenoxy) is 1. The fourth-order valence-corrected chi connectivity index (χ4v) is 3.77. The quantitative estimate of drug-likeness (QED) is 0.802. The molecule has 1 aromatic rings. The van der Waals surface area contributed by atoms with Gasteiger partial charge in [-0.25, -0.2) is 9.97 Å². The smallest absolute Gasteiger partial charge is 0.135 e. The number of anilines is 1. The molecule has 5 heteroatoms. The number of rotatable bonds is 3. The van der Waals surface area contributed by atoms with Gasteiger partial charge in [-0.1, -0.05) is 11.6 Å². The van der Waals surface area contributed by atoms with Gasteiger partial charge in [0.25, 0.3) is 0 Å². The van der Waals surface area contributed by atoms with Gasteiger partial charge < -0.3 is 9.64 Å². The molecule has 1 aromatic heterocycles.